The summed E-state index contributed by atoms with van der Waals surface area (Å²) in [6.07, 6.45) is 0.760. The van der Waals surface area contributed by atoms with Crippen LogP contribution in [0.2, 0.25) is 5.02 Å². The highest BCUT2D eigenvalue weighted by Crippen LogP contribution is 2.39. The van der Waals surface area contributed by atoms with Crippen molar-refractivity contribution >= 4 is 28.4 Å². The number of para-hydroxylation sites is 1. The zero-order valence-corrected chi connectivity index (χ0v) is 16.3. The molecule has 144 valence electrons. The fraction of sp³-hybridized carbons (Fsp3) is 0.125. The van der Waals surface area contributed by atoms with Crippen LogP contribution in [0.4, 0.5) is 4.39 Å². The predicted molar refractivity (Wildman–Crippen MR) is 113 cm³/mol. The van der Waals surface area contributed by atoms with Gasteiger partial charge in [0.05, 0.1) is 6.04 Å². The average molecular weight is 405 g/mol. The molecule has 1 aromatic heterocycles. The Morgan fingerprint density at radius 1 is 1.00 bits per heavy atom. The first-order valence-corrected chi connectivity index (χ1v) is 9.91. The first kappa shape index (κ1) is 18.0. The van der Waals surface area contributed by atoms with Crippen molar-refractivity contribution < 1.29 is 9.18 Å². The van der Waals surface area contributed by atoms with E-state index in [0.29, 0.717) is 17.1 Å². The summed E-state index contributed by atoms with van der Waals surface area (Å²) in [5.41, 5.74) is 4.79. The van der Waals surface area contributed by atoms with E-state index < -0.39 is 0 Å². The van der Waals surface area contributed by atoms with Crippen molar-refractivity contribution in [2.24, 2.45) is 0 Å². The number of carbonyl (C=O) groups excluding carboxylic acids is 1. The molecule has 2 heterocycles. The number of benzene rings is 3. The van der Waals surface area contributed by atoms with Crippen LogP contribution < -0.4 is 0 Å². The van der Waals surface area contributed by atoms with E-state index in [1.54, 1.807) is 0 Å². The van der Waals surface area contributed by atoms with Gasteiger partial charge in [-0.05, 0) is 60.0 Å². The van der Waals surface area contributed by atoms with Crippen LogP contribution in [0.5, 0.6) is 0 Å². The zero-order chi connectivity index (χ0) is 20.0. The Bertz CT molecular complexity index is 1200. The number of halogens is 2. The Hall–Kier alpha value is -3.11. The van der Waals surface area contributed by atoms with Gasteiger partial charge in [-0.15, -0.1) is 0 Å². The molecule has 0 fully saturated rings. The number of aromatic nitrogens is 1. The van der Waals surface area contributed by atoms with Gasteiger partial charge in [-0.1, -0.05) is 41.9 Å². The lowest BCUT2D eigenvalue weighted by Gasteiger charge is -2.36. The lowest BCUT2D eigenvalue weighted by atomic mass is 9.91. The molecule has 1 atom stereocenters. The van der Waals surface area contributed by atoms with Gasteiger partial charge in [0.15, 0.2) is 0 Å². The molecule has 0 unspecified atom stereocenters. The van der Waals surface area contributed by atoms with Crippen molar-refractivity contribution in [1.82, 2.24) is 9.88 Å². The second kappa shape index (κ2) is 7.05. The normalized spacial score (nSPS) is 16.1. The van der Waals surface area contributed by atoms with Crippen molar-refractivity contribution in [3.05, 3.63) is 106 Å². The summed E-state index contributed by atoms with van der Waals surface area (Å²) < 4.78 is 13.3. The minimum Gasteiger partial charge on any atom is -0.356 e. The van der Waals surface area contributed by atoms with Gasteiger partial charge in [-0.3, -0.25) is 4.79 Å². The highest BCUT2D eigenvalue weighted by Gasteiger charge is 2.34. The summed E-state index contributed by atoms with van der Waals surface area (Å²) in [6.45, 7) is 0.582. The fourth-order valence-corrected chi connectivity index (χ4v) is 4.34. The van der Waals surface area contributed by atoms with Crippen LogP contribution in [0.15, 0.2) is 72.8 Å². The van der Waals surface area contributed by atoms with Gasteiger partial charge in [0, 0.05) is 33.7 Å². The van der Waals surface area contributed by atoms with Gasteiger partial charge in [-0.2, -0.15) is 0 Å². The molecule has 1 amide bonds. The van der Waals surface area contributed by atoms with Crippen LogP contribution in [-0.2, 0) is 6.42 Å². The van der Waals surface area contributed by atoms with E-state index in [4.69, 9.17) is 11.6 Å². The molecule has 0 saturated carbocycles. The summed E-state index contributed by atoms with van der Waals surface area (Å²) in [7, 11) is 0. The molecular weight excluding hydrogens is 387 g/mol. The smallest absolute Gasteiger partial charge is 0.254 e. The van der Waals surface area contributed by atoms with Gasteiger partial charge in [0.1, 0.15) is 5.82 Å². The van der Waals surface area contributed by atoms with Crippen molar-refractivity contribution in [3.63, 3.8) is 0 Å². The molecule has 0 aliphatic carbocycles. The highest BCUT2D eigenvalue weighted by molar-refractivity contribution is 6.30. The lowest BCUT2D eigenvalue weighted by Crippen LogP contribution is -2.40. The molecule has 0 bridgehead atoms. The van der Waals surface area contributed by atoms with Crippen molar-refractivity contribution in [1.29, 1.82) is 0 Å². The van der Waals surface area contributed by atoms with E-state index >= 15 is 0 Å². The first-order valence-electron chi connectivity index (χ1n) is 9.53. The summed E-state index contributed by atoms with van der Waals surface area (Å²) in [5.74, 6) is -0.471. The minimum atomic E-state index is -0.354. The third-order valence-corrected chi connectivity index (χ3v) is 5.82. The summed E-state index contributed by atoms with van der Waals surface area (Å²) in [5, 5.41) is 1.84. The van der Waals surface area contributed by atoms with Crippen LogP contribution in [-0.4, -0.2) is 22.3 Å². The maximum Gasteiger partial charge on any atom is 0.254 e. The summed E-state index contributed by atoms with van der Waals surface area (Å²) >= 11 is 6.10. The Morgan fingerprint density at radius 3 is 2.48 bits per heavy atom. The molecule has 0 spiro atoms. The van der Waals surface area contributed by atoms with Gasteiger partial charge in [0.2, 0.25) is 0 Å². The molecular formula is C24H18ClFN2O. The third kappa shape index (κ3) is 3.10. The minimum absolute atomic E-state index is 0.116. The molecule has 5 heteroatoms. The van der Waals surface area contributed by atoms with E-state index in [0.717, 1.165) is 23.2 Å². The number of nitrogens with zero attached hydrogens (tertiary/aromatic N) is 1. The van der Waals surface area contributed by atoms with Crippen LogP contribution in [0.25, 0.3) is 10.9 Å². The van der Waals surface area contributed by atoms with Crippen LogP contribution >= 0.6 is 11.6 Å². The standard InChI is InChI=1S/C24H18ClFN2O/c25-17-9-5-15(6-10-17)23-22-20(19-3-1-2-4-21(19)27-22)13-14-28(23)24(29)16-7-11-18(26)12-8-16/h1-12,23,27H,13-14H2/t23-/m1/s1. The number of hydrogen-bond acceptors (Lipinski definition) is 1. The molecule has 0 saturated heterocycles. The number of H-pyrrole nitrogens is 1. The second-order valence-electron chi connectivity index (χ2n) is 7.27. The molecule has 3 nitrogen and oxygen atoms in total. The van der Waals surface area contributed by atoms with E-state index in [1.807, 2.05) is 41.3 Å². The number of amides is 1. The largest absolute Gasteiger partial charge is 0.356 e. The predicted octanol–water partition coefficient (Wildman–Crippen LogP) is 5.75. The Morgan fingerprint density at radius 2 is 1.72 bits per heavy atom. The van der Waals surface area contributed by atoms with Gasteiger partial charge >= 0.3 is 0 Å². The molecule has 1 aliphatic rings. The number of rotatable bonds is 2. The SMILES string of the molecule is O=C(c1ccc(F)cc1)N1CCc2c([nH]c3ccccc23)[C@H]1c1ccc(Cl)cc1. The van der Waals surface area contributed by atoms with Gasteiger partial charge in [-0.25, -0.2) is 4.39 Å². The van der Waals surface area contributed by atoms with Crippen LogP contribution in [0.3, 0.4) is 0 Å². The van der Waals surface area contributed by atoms with Crippen molar-refractivity contribution in [2.45, 2.75) is 12.5 Å². The van der Waals surface area contributed by atoms with E-state index in [2.05, 4.69) is 17.1 Å². The third-order valence-electron chi connectivity index (χ3n) is 5.57. The lowest BCUT2D eigenvalue weighted by molar-refractivity contribution is 0.0692. The molecule has 1 N–H and O–H groups in total. The maximum absolute atomic E-state index is 13.4. The van der Waals surface area contributed by atoms with Crippen LogP contribution in [0.1, 0.15) is 33.2 Å². The molecule has 0 radical (unpaired) electrons. The molecule has 5 rings (SSSR count). The maximum atomic E-state index is 13.4. The Kier molecular flexibility index (Phi) is 4.36. The van der Waals surface area contributed by atoms with Gasteiger partial charge < -0.3 is 9.88 Å². The number of fused-ring (bicyclic) bond motifs is 3. The number of hydrogen-bond donors (Lipinski definition) is 1. The topological polar surface area (TPSA) is 36.1 Å². The van der Waals surface area contributed by atoms with Crippen molar-refractivity contribution in [3.8, 4) is 0 Å². The van der Waals surface area contributed by atoms with E-state index in [-0.39, 0.29) is 17.8 Å². The Balaban J connectivity index is 1.65. The first-order chi connectivity index (χ1) is 14.1. The number of nitrogens with one attached hydrogen (secondary N) is 1. The van der Waals surface area contributed by atoms with Crippen molar-refractivity contribution in [2.75, 3.05) is 6.54 Å². The van der Waals surface area contributed by atoms with Gasteiger partial charge in [0.25, 0.3) is 5.91 Å². The number of carbonyl (C=O) groups is 1. The number of aromatic amines is 1. The monoisotopic (exact) mass is 404 g/mol. The fourth-order valence-electron chi connectivity index (χ4n) is 4.21. The zero-order valence-electron chi connectivity index (χ0n) is 15.5. The van der Waals surface area contributed by atoms with E-state index in [1.165, 1.54) is 35.2 Å². The second-order valence-corrected chi connectivity index (χ2v) is 7.71. The average Bonchev–Trinajstić information content (AvgIpc) is 3.12. The molecule has 3 aromatic carbocycles. The quantitative estimate of drug-likeness (QED) is 0.453. The highest BCUT2D eigenvalue weighted by atomic mass is 35.5. The Labute approximate surface area is 172 Å². The van der Waals surface area contributed by atoms with Crippen LogP contribution in [0, 0.1) is 5.82 Å². The summed E-state index contributed by atoms with van der Waals surface area (Å²) in [6, 6.07) is 21.3. The molecule has 29 heavy (non-hydrogen) atoms. The summed E-state index contributed by atoms with van der Waals surface area (Å²) in [4.78, 5) is 18.7. The molecule has 4 aromatic rings. The van der Waals surface area contributed by atoms with E-state index in [9.17, 15) is 9.18 Å². The molecule has 1 aliphatic heterocycles.